The third-order valence-corrected chi connectivity index (χ3v) is 4.97. The number of aryl methyl sites for hydroxylation is 1. The Morgan fingerprint density at radius 3 is 2.50 bits per heavy atom. The lowest BCUT2D eigenvalue weighted by molar-refractivity contribution is 0.126. The molecule has 0 saturated heterocycles. The highest BCUT2D eigenvalue weighted by atomic mass is 32.2. The molecule has 0 amide bonds. The van der Waals surface area contributed by atoms with Crippen molar-refractivity contribution in [3.63, 3.8) is 0 Å². The zero-order valence-corrected chi connectivity index (χ0v) is 15.4. The fourth-order valence-electron chi connectivity index (χ4n) is 2.34. The second-order valence-corrected chi connectivity index (χ2v) is 6.95. The van der Waals surface area contributed by atoms with E-state index in [0.717, 1.165) is 16.5 Å². The largest absolute Gasteiger partial charge is 0.491 e. The Kier molecular flexibility index (Phi) is 5.90. The molecule has 0 aliphatic carbocycles. The molecule has 0 aliphatic heterocycles. The van der Waals surface area contributed by atoms with E-state index in [-0.39, 0.29) is 12.4 Å². The van der Waals surface area contributed by atoms with E-state index in [0.29, 0.717) is 11.5 Å². The van der Waals surface area contributed by atoms with Gasteiger partial charge in [0.25, 0.3) is 0 Å². The predicted octanol–water partition coefficient (Wildman–Crippen LogP) is 3.46. The molecule has 0 fully saturated rings. The normalized spacial score (nSPS) is 12.2. The van der Waals surface area contributed by atoms with Gasteiger partial charge in [-0.15, -0.1) is 10.2 Å². The first-order valence-electron chi connectivity index (χ1n) is 8.18. The minimum absolute atomic E-state index is 0.126. The van der Waals surface area contributed by atoms with Crippen molar-refractivity contribution < 1.29 is 14.2 Å². The summed E-state index contributed by atoms with van der Waals surface area (Å²) in [5.41, 5.74) is 2.19. The van der Waals surface area contributed by atoms with Gasteiger partial charge in [0.05, 0.1) is 6.10 Å². The van der Waals surface area contributed by atoms with E-state index in [1.165, 1.54) is 41.6 Å². The standard InChI is InChI=1S/C19H20FN3O2S/c1-13-3-5-14(6-4-13)18-21-22-19(23(18)2)26-12-16(24)11-25-17-9-7-15(20)8-10-17/h3-10,16,24H,11-12H2,1-2H3/t16-/m0/s1. The number of ether oxygens (including phenoxy) is 1. The van der Waals surface area contributed by atoms with Crippen LogP contribution in [0.4, 0.5) is 4.39 Å². The molecule has 3 rings (SSSR count). The van der Waals surface area contributed by atoms with E-state index in [1.807, 2.05) is 42.8 Å². The summed E-state index contributed by atoms with van der Waals surface area (Å²) >= 11 is 1.41. The number of halogens is 1. The molecule has 26 heavy (non-hydrogen) atoms. The van der Waals surface area contributed by atoms with E-state index < -0.39 is 6.10 Å². The van der Waals surface area contributed by atoms with Crippen LogP contribution in [0.1, 0.15) is 5.56 Å². The van der Waals surface area contributed by atoms with Crippen molar-refractivity contribution >= 4 is 11.8 Å². The van der Waals surface area contributed by atoms with E-state index >= 15 is 0 Å². The van der Waals surface area contributed by atoms with Gasteiger partial charge in [-0.25, -0.2) is 4.39 Å². The molecule has 1 heterocycles. The van der Waals surface area contributed by atoms with Gasteiger partial charge >= 0.3 is 0 Å². The third-order valence-electron chi connectivity index (χ3n) is 3.81. The van der Waals surface area contributed by atoms with Crippen LogP contribution >= 0.6 is 11.8 Å². The van der Waals surface area contributed by atoms with E-state index in [9.17, 15) is 9.50 Å². The summed E-state index contributed by atoms with van der Waals surface area (Å²) < 4.78 is 20.2. The Bertz CT molecular complexity index is 850. The van der Waals surface area contributed by atoms with Crippen LogP contribution < -0.4 is 4.74 Å². The van der Waals surface area contributed by atoms with Gasteiger partial charge in [-0.2, -0.15) is 0 Å². The van der Waals surface area contributed by atoms with E-state index in [2.05, 4.69) is 10.2 Å². The molecule has 0 radical (unpaired) electrons. The maximum Gasteiger partial charge on any atom is 0.191 e. The molecule has 0 spiro atoms. The number of nitrogens with zero attached hydrogens (tertiary/aromatic N) is 3. The topological polar surface area (TPSA) is 60.2 Å². The van der Waals surface area contributed by atoms with Gasteiger partial charge in [-0.1, -0.05) is 41.6 Å². The Balaban J connectivity index is 1.54. The highest BCUT2D eigenvalue weighted by Gasteiger charge is 2.13. The maximum atomic E-state index is 12.9. The Morgan fingerprint density at radius 1 is 1.12 bits per heavy atom. The van der Waals surface area contributed by atoms with Crippen LogP contribution in [0.2, 0.25) is 0 Å². The highest BCUT2D eigenvalue weighted by Crippen LogP contribution is 2.23. The first-order valence-corrected chi connectivity index (χ1v) is 9.17. The zero-order chi connectivity index (χ0) is 18.5. The van der Waals surface area contributed by atoms with Crippen molar-refractivity contribution in [3.05, 3.63) is 59.9 Å². The average molecular weight is 373 g/mol. The van der Waals surface area contributed by atoms with Crippen molar-refractivity contribution in [1.29, 1.82) is 0 Å². The molecule has 0 saturated carbocycles. The highest BCUT2D eigenvalue weighted by molar-refractivity contribution is 7.99. The molecule has 1 aromatic heterocycles. The van der Waals surface area contributed by atoms with E-state index in [1.54, 1.807) is 0 Å². The average Bonchev–Trinajstić information content (AvgIpc) is 3.01. The van der Waals surface area contributed by atoms with Crippen LogP contribution in [0, 0.1) is 12.7 Å². The van der Waals surface area contributed by atoms with Crippen LogP contribution in [-0.4, -0.2) is 38.3 Å². The van der Waals surface area contributed by atoms with Crippen LogP contribution in [0.25, 0.3) is 11.4 Å². The molecular weight excluding hydrogens is 353 g/mol. The fraction of sp³-hybridized carbons (Fsp3) is 0.263. The minimum Gasteiger partial charge on any atom is -0.491 e. The number of rotatable bonds is 7. The summed E-state index contributed by atoms with van der Waals surface area (Å²) in [6, 6.07) is 13.8. The number of hydrogen-bond acceptors (Lipinski definition) is 5. The minimum atomic E-state index is -0.676. The fourth-order valence-corrected chi connectivity index (χ4v) is 3.15. The molecule has 5 nitrogen and oxygen atoms in total. The van der Waals surface area contributed by atoms with Crippen molar-refractivity contribution in [2.45, 2.75) is 18.2 Å². The number of aliphatic hydroxyl groups is 1. The molecule has 0 unspecified atom stereocenters. The maximum absolute atomic E-state index is 12.9. The molecule has 2 aromatic carbocycles. The molecule has 0 bridgehead atoms. The van der Waals surface area contributed by atoms with Gasteiger partial charge in [0.2, 0.25) is 0 Å². The van der Waals surface area contributed by atoms with Crippen LogP contribution in [0.5, 0.6) is 5.75 Å². The summed E-state index contributed by atoms with van der Waals surface area (Å²) in [6.45, 7) is 2.17. The smallest absolute Gasteiger partial charge is 0.191 e. The Morgan fingerprint density at radius 2 is 1.81 bits per heavy atom. The molecule has 1 atom stereocenters. The third kappa shape index (κ3) is 4.62. The molecule has 136 valence electrons. The van der Waals surface area contributed by atoms with Crippen molar-refractivity contribution in [1.82, 2.24) is 14.8 Å². The van der Waals surface area contributed by atoms with Crippen molar-refractivity contribution in [3.8, 4) is 17.1 Å². The number of thioether (sulfide) groups is 1. The van der Waals surface area contributed by atoms with Gasteiger partial charge in [0, 0.05) is 18.4 Å². The summed E-state index contributed by atoms with van der Waals surface area (Å²) in [5.74, 6) is 1.40. The molecule has 0 aliphatic rings. The zero-order valence-electron chi connectivity index (χ0n) is 14.6. The molecule has 3 aromatic rings. The number of benzene rings is 2. The van der Waals surface area contributed by atoms with Crippen LogP contribution in [0.3, 0.4) is 0 Å². The van der Waals surface area contributed by atoms with E-state index in [4.69, 9.17) is 4.74 Å². The first kappa shape index (κ1) is 18.4. The van der Waals surface area contributed by atoms with Crippen molar-refractivity contribution in [2.24, 2.45) is 7.05 Å². The van der Waals surface area contributed by atoms with Gasteiger partial charge in [0.1, 0.15) is 18.2 Å². The molecule has 1 N–H and O–H groups in total. The first-order chi connectivity index (χ1) is 12.5. The van der Waals surface area contributed by atoms with Gasteiger partial charge in [0.15, 0.2) is 11.0 Å². The van der Waals surface area contributed by atoms with Gasteiger partial charge in [-0.05, 0) is 31.2 Å². The van der Waals surface area contributed by atoms with Gasteiger partial charge in [-0.3, -0.25) is 0 Å². The van der Waals surface area contributed by atoms with Gasteiger partial charge < -0.3 is 14.4 Å². The van der Waals surface area contributed by atoms with Crippen LogP contribution in [0.15, 0.2) is 53.7 Å². The number of aliphatic hydroxyl groups excluding tert-OH is 1. The second-order valence-electron chi connectivity index (χ2n) is 5.96. The summed E-state index contributed by atoms with van der Waals surface area (Å²) in [6.07, 6.45) is -0.676. The molecular formula is C19H20FN3O2S. The predicted molar refractivity (Wildman–Crippen MR) is 99.8 cm³/mol. The Hall–Kier alpha value is -2.38. The molecule has 7 heteroatoms. The summed E-state index contributed by atoms with van der Waals surface area (Å²) in [7, 11) is 1.90. The van der Waals surface area contributed by atoms with Crippen molar-refractivity contribution in [2.75, 3.05) is 12.4 Å². The quantitative estimate of drug-likeness (QED) is 0.643. The Labute approximate surface area is 155 Å². The second kappa shape index (κ2) is 8.33. The summed E-state index contributed by atoms with van der Waals surface area (Å²) in [4.78, 5) is 0. The lowest BCUT2D eigenvalue weighted by atomic mass is 10.1. The number of aromatic nitrogens is 3. The van der Waals surface area contributed by atoms with Crippen LogP contribution in [-0.2, 0) is 7.05 Å². The monoisotopic (exact) mass is 373 g/mol. The lowest BCUT2D eigenvalue weighted by Crippen LogP contribution is -2.20. The number of hydrogen-bond donors (Lipinski definition) is 1. The summed E-state index contributed by atoms with van der Waals surface area (Å²) in [5, 5.41) is 19.3. The lowest BCUT2D eigenvalue weighted by Gasteiger charge is -2.12. The SMILES string of the molecule is Cc1ccc(-c2nnc(SC[C@@H](O)COc3ccc(F)cc3)n2C)cc1.